The molecule has 1 unspecified atom stereocenters. The van der Waals surface area contributed by atoms with E-state index in [2.05, 4.69) is 4.98 Å². The summed E-state index contributed by atoms with van der Waals surface area (Å²) in [5.41, 5.74) is 1.42. The van der Waals surface area contributed by atoms with Crippen LogP contribution in [0.15, 0.2) is 66.5 Å². The van der Waals surface area contributed by atoms with Crippen molar-refractivity contribution in [3.63, 3.8) is 0 Å². The maximum Gasteiger partial charge on any atom is 0.295 e. The number of methoxy groups -OCH3 is 2. The molecule has 1 N–H and O–H groups in total. The maximum atomic E-state index is 13.2. The number of nitrogens with zero attached hydrogens (tertiary/aromatic N) is 2. The van der Waals surface area contributed by atoms with E-state index in [0.29, 0.717) is 11.3 Å². The zero-order valence-electron chi connectivity index (χ0n) is 18.3. The highest BCUT2D eigenvalue weighted by Gasteiger charge is 2.46. The first kappa shape index (κ1) is 23.6. The lowest BCUT2D eigenvalue weighted by molar-refractivity contribution is -0.140. The fourth-order valence-corrected chi connectivity index (χ4v) is 4.58. The van der Waals surface area contributed by atoms with Gasteiger partial charge in [-0.15, -0.1) is 0 Å². The first-order valence-electron chi connectivity index (χ1n) is 10.2. The van der Waals surface area contributed by atoms with Crippen LogP contribution < -0.4 is 9.47 Å². The Bertz CT molecular complexity index is 1270. The van der Waals surface area contributed by atoms with Crippen LogP contribution in [0.4, 0.5) is 0 Å². The lowest BCUT2D eigenvalue weighted by Crippen LogP contribution is -2.29. The van der Waals surface area contributed by atoms with E-state index in [4.69, 9.17) is 32.7 Å². The first-order chi connectivity index (χ1) is 16.3. The Kier molecular flexibility index (Phi) is 6.77. The van der Waals surface area contributed by atoms with E-state index in [0.717, 1.165) is 5.56 Å². The maximum absolute atomic E-state index is 13.2. The number of pyridine rings is 1. The van der Waals surface area contributed by atoms with Crippen LogP contribution in [-0.2, 0) is 16.1 Å². The van der Waals surface area contributed by atoms with Gasteiger partial charge in [-0.2, -0.15) is 0 Å². The largest absolute Gasteiger partial charge is 0.507 e. The molecule has 4 rings (SSSR count). The zero-order valence-corrected chi connectivity index (χ0v) is 19.8. The van der Waals surface area contributed by atoms with Crippen LogP contribution >= 0.6 is 23.2 Å². The van der Waals surface area contributed by atoms with E-state index >= 15 is 0 Å². The van der Waals surface area contributed by atoms with Gasteiger partial charge in [-0.1, -0.05) is 41.4 Å². The summed E-state index contributed by atoms with van der Waals surface area (Å²) < 4.78 is 10.4. The molecule has 1 fully saturated rings. The molecule has 0 saturated carbocycles. The molecule has 34 heavy (non-hydrogen) atoms. The number of aromatic nitrogens is 1. The van der Waals surface area contributed by atoms with Gasteiger partial charge in [0.15, 0.2) is 5.75 Å². The van der Waals surface area contributed by atoms with Crippen molar-refractivity contribution in [2.45, 2.75) is 12.6 Å². The van der Waals surface area contributed by atoms with Crippen LogP contribution in [-0.4, -0.2) is 40.9 Å². The molecular weight excluding hydrogens is 479 g/mol. The van der Waals surface area contributed by atoms with Crippen LogP contribution in [0.3, 0.4) is 0 Å². The second kappa shape index (κ2) is 9.75. The second-order valence-corrected chi connectivity index (χ2v) is 8.35. The molecule has 1 aromatic heterocycles. The van der Waals surface area contributed by atoms with Crippen molar-refractivity contribution >= 4 is 40.7 Å². The fourth-order valence-electron chi connectivity index (χ4n) is 3.94. The molecule has 0 radical (unpaired) electrons. The van der Waals surface area contributed by atoms with Gasteiger partial charge in [0, 0.05) is 24.5 Å². The Balaban J connectivity index is 1.86. The third-order valence-corrected chi connectivity index (χ3v) is 6.06. The highest BCUT2D eigenvalue weighted by atomic mass is 35.5. The SMILES string of the molecule is COc1cccc(CN2C(=O)C(=O)/C(=C(/O)c3cc(Cl)c(OC)c(Cl)c3)C2c2cccnc2)c1. The first-order valence-corrected chi connectivity index (χ1v) is 11.0. The number of likely N-dealkylation sites (tertiary alicyclic amines) is 1. The van der Waals surface area contributed by atoms with Gasteiger partial charge >= 0.3 is 0 Å². The molecule has 0 aliphatic carbocycles. The summed E-state index contributed by atoms with van der Waals surface area (Å²) in [4.78, 5) is 31.8. The zero-order chi connectivity index (χ0) is 24.4. The summed E-state index contributed by atoms with van der Waals surface area (Å²) in [5.74, 6) is -1.11. The molecule has 2 heterocycles. The van der Waals surface area contributed by atoms with Crippen molar-refractivity contribution in [3.8, 4) is 11.5 Å². The smallest absolute Gasteiger partial charge is 0.295 e. The number of amides is 1. The van der Waals surface area contributed by atoms with Crippen molar-refractivity contribution in [1.29, 1.82) is 0 Å². The minimum Gasteiger partial charge on any atom is -0.507 e. The highest BCUT2D eigenvalue weighted by molar-refractivity contribution is 6.46. The van der Waals surface area contributed by atoms with Crippen LogP contribution in [0, 0.1) is 0 Å². The molecule has 0 bridgehead atoms. The van der Waals surface area contributed by atoms with E-state index in [1.54, 1.807) is 49.8 Å². The molecule has 1 amide bonds. The van der Waals surface area contributed by atoms with E-state index < -0.39 is 23.5 Å². The number of aliphatic hydroxyl groups excluding tert-OH is 1. The molecule has 3 aromatic rings. The molecule has 2 aromatic carbocycles. The third kappa shape index (κ3) is 4.32. The number of carbonyl (C=O) groups excluding carboxylic acids is 2. The number of hydrogen-bond donors (Lipinski definition) is 1. The molecular formula is C25H20Cl2N2O5. The summed E-state index contributed by atoms with van der Waals surface area (Å²) >= 11 is 12.5. The van der Waals surface area contributed by atoms with Crippen LogP contribution in [0.2, 0.25) is 10.0 Å². The van der Waals surface area contributed by atoms with Crippen molar-refractivity contribution in [1.82, 2.24) is 9.88 Å². The Morgan fingerprint density at radius 2 is 1.79 bits per heavy atom. The number of rotatable bonds is 6. The van der Waals surface area contributed by atoms with Crippen LogP contribution in [0.5, 0.6) is 11.5 Å². The number of carbonyl (C=O) groups is 2. The lowest BCUT2D eigenvalue weighted by Gasteiger charge is -2.25. The van der Waals surface area contributed by atoms with Crippen molar-refractivity contribution in [2.24, 2.45) is 0 Å². The van der Waals surface area contributed by atoms with Gasteiger partial charge in [-0.25, -0.2) is 0 Å². The summed E-state index contributed by atoms with van der Waals surface area (Å²) in [7, 11) is 2.96. The number of aliphatic hydroxyl groups is 1. The van der Waals surface area contributed by atoms with Gasteiger partial charge in [0.05, 0.1) is 35.9 Å². The molecule has 9 heteroatoms. The Morgan fingerprint density at radius 1 is 1.06 bits per heavy atom. The average molecular weight is 499 g/mol. The summed E-state index contributed by atoms with van der Waals surface area (Å²) in [6, 6.07) is 12.6. The third-order valence-electron chi connectivity index (χ3n) is 5.50. The fraction of sp³-hybridized carbons (Fsp3) is 0.160. The predicted octanol–water partition coefficient (Wildman–Crippen LogP) is 5.03. The van der Waals surface area contributed by atoms with E-state index in [-0.39, 0.29) is 33.5 Å². The van der Waals surface area contributed by atoms with Crippen LogP contribution in [0.25, 0.3) is 5.76 Å². The van der Waals surface area contributed by atoms with Crippen LogP contribution in [0.1, 0.15) is 22.7 Å². The standard InChI is InChI=1S/C25H20Cl2N2O5/c1-33-17-7-3-5-14(9-17)13-29-21(15-6-4-8-28-12-15)20(23(31)25(29)32)22(30)16-10-18(26)24(34-2)19(27)11-16/h3-12,21,30H,13H2,1-2H3/b22-20+. The minimum absolute atomic E-state index is 0.0850. The topological polar surface area (TPSA) is 89.0 Å². The number of ether oxygens (including phenoxy) is 2. The van der Waals surface area contributed by atoms with Gasteiger partial charge in [0.2, 0.25) is 0 Å². The van der Waals surface area contributed by atoms with E-state index in [1.165, 1.54) is 24.1 Å². The molecule has 1 aliphatic rings. The highest BCUT2D eigenvalue weighted by Crippen LogP contribution is 2.42. The lowest BCUT2D eigenvalue weighted by atomic mass is 9.96. The normalized spacial score (nSPS) is 17.2. The predicted molar refractivity (Wildman–Crippen MR) is 128 cm³/mol. The van der Waals surface area contributed by atoms with E-state index in [1.807, 2.05) is 6.07 Å². The van der Waals surface area contributed by atoms with Gasteiger partial charge < -0.3 is 19.5 Å². The number of halogens is 2. The average Bonchev–Trinajstić information content (AvgIpc) is 3.09. The van der Waals surface area contributed by atoms with E-state index in [9.17, 15) is 14.7 Å². The quantitative estimate of drug-likeness (QED) is 0.291. The number of Topliss-reactive ketones (excluding diaryl/α,β-unsaturated/α-hetero) is 1. The van der Waals surface area contributed by atoms with Crippen molar-refractivity contribution in [3.05, 3.63) is 93.2 Å². The number of hydrogen-bond acceptors (Lipinski definition) is 6. The molecule has 7 nitrogen and oxygen atoms in total. The van der Waals surface area contributed by atoms with Crippen molar-refractivity contribution < 1.29 is 24.2 Å². The summed E-state index contributed by atoms with van der Waals surface area (Å²) in [6.45, 7) is 0.113. The minimum atomic E-state index is -0.875. The molecule has 1 saturated heterocycles. The van der Waals surface area contributed by atoms with Gasteiger partial charge in [-0.05, 0) is 41.5 Å². The van der Waals surface area contributed by atoms with Gasteiger partial charge in [0.25, 0.3) is 11.7 Å². The molecule has 174 valence electrons. The Labute approximate surface area is 206 Å². The molecule has 1 aliphatic heterocycles. The monoisotopic (exact) mass is 498 g/mol. The van der Waals surface area contributed by atoms with Crippen molar-refractivity contribution in [2.75, 3.05) is 14.2 Å². The summed E-state index contributed by atoms with van der Waals surface area (Å²) in [5, 5.41) is 11.5. The molecule has 0 spiro atoms. The van der Waals surface area contributed by atoms with Gasteiger partial charge in [0.1, 0.15) is 11.5 Å². The van der Waals surface area contributed by atoms with Gasteiger partial charge in [-0.3, -0.25) is 14.6 Å². The number of ketones is 1. The molecule has 1 atom stereocenters. The Hall–Kier alpha value is -3.55. The second-order valence-electron chi connectivity index (χ2n) is 7.54. The summed E-state index contributed by atoms with van der Waals surface area (Å²) in [6.07, 6.45) is 3.14. The number of benzene rings is 2. The Morgan fingerprint density at radius 3 is 2.41 bits per heavy atom.